The monoisotopic (exact) mass is 553 g/mol. The van der Waals surface area contributed by atoms with Gasteiger partial charge in [-0.1, -0.05) is 220 Å². The summed E-state index contributed by atoms with van der Waals surface area (Å²) in [6.07, 6.45) is 45.0. The molecule has 1 N–H and O–H groups in total. The summed E-state index contributed by atoms with van der Waals surface area (Å²) in [4.78, 5) is 10.4. The fourth-order valence-electron chi connectivity index (χ4n) is 5.45. The van der Waals surface area contributed by atoms with E-state index in [4.69, 9.17) is 5.11 Å². The maximum absolute atomic E-state index is 10.4. The van der Waals surface area contributed by atoms with Crippen molar-refractivity contribution in [1.82, 2.24) is 0 Å². The third-order valence-electron chi connectivity index (χ3n) is 8.20. The summed E-state index contributed by atoms with van der Waals surface area (Å²) < 4.78 is 0. The summed E-state index contributed by atoms with van der Waals surface area (Å²) in [6.45, 7) is 6.86. The third-order valence-corrected chi connectivity index (χ3v) is 8.20. The summed E-state index contributed by atoms with van der Waals surface area (Å²) in [5.41, 5.74) is 0. The Hall–Kier alpha value is -0.530. The normalized spacial score (nSPS) is 10.9. The van der Waals surface area contributed by atoms with E-state index >= 15 is 0 Å². The predicted molar refractivity (Wildman–Crippen MR) is 177 cm³/mol. The van der Waals surface area contributed by atoms with E-state index in [-0.39, 0.29) is 0 Å². The molecule has 0 atom stereocenters. The quantitative estimate of drug-likeness (QED) is 0.0842. The van der Waals surface area contributed by atoms with Crippen molar-refractivity contribution in [3.8, 4) is 0 Å². The van der Waals surface area contributed by atoms with Crippen LogP contribution >= 0.6 is 0 Å². The third kappa shape index (κ3) is 44.7. The van der Waals surface area contributed by atoms with Crippen LogP contribution in [0, 0.1) is 0 Å². The second-order valence-corrected chi connectivity index (χ2v) is 12.4. The number of hydrogen-bond donors (Lipinski definition) is 1. The van der Waals surface area contributed by atoms with Crippen LogP contribution in [-0.4, -0.2) is 11.1 Å². The lowest BCUT2D eigenvalue weighted by Gasteiger charge is -2.03. The zero-order chi connectivity index (χ0) is 28.9. The topological polar surface area (TPSA) is 37.3 Å². The van der Waals surface area contributed by atoms with Gasteiger partial charge in [-0.05, 0) is 6.42 Å². The molecule has 0 aliphatic heterocycles. The van der Waals surface area contributed by atoms with E-state index in [9.17, 15) is 4.79 Å². The summed E-state index contributed by atoms with van der Waals surface area (Å²) in [5, 5.41) is 8.56. The molecule has 0 bridgehead atoms. The molecule has 0 rings (SSSR count). The van der Waals surface area contributed by atoms with Crippen LogP contribution in [0.25, 0.3) is 0 Å². The van der Waals surface area contributed by atoms with Crippen LogP contribution in [0.15, 0.2) is 0 Å². The number of carboxylic acid groups (broad SMARTS) is 1. The molecule has 0 saturated heterocycles. The Morgan fingerprint density at radius 2 is 0.462 bits per heavy atom. The Bertz CT molecular complexity index is 408. The second kappa shape index (κ2) is 39.6. The van der Waals surface area contributed by atoms with Gasteiger partial charge in [-0.2, -0.15) is 0 Å². The fourth-order valence-corrected chi connectivity index (χ4v) is 5.45. The highest BCUT2D eigenvalue weighted by Crippen LogP contribution is 2.15. The lowest BCUT2D eigenvalue weighted by atomic mass is 10.0. The number of carbonyl (C=O) groups is 1. The van der Waals surface area contributed by atoms with E-state index in [1.165, 1.54) is 193 Å². The molecule has 2 heteroatoms. The molecule has 0 aromatic rings. The van der Waals surface area contributed by atoms with Crippen molar-refractivity contribution in [1.29, 1.82) is 0 Å². The smallest absolute Gasteiger partial charge is 0.303 e. The number of hydrogen-bond acceptors (Lipinski definition) is 1. The first kappa shape index (κ1) is 40.6. The summed E-state index contributed by atoms with van der Waals surface area (Å²) in [6, 6.07) is 0. The van der Waals surface area contributed by atoms with Crippen molar-refractivity contribution >= 4 is 5.97 Å². The molecule has 0 saturated carbocycles. The minimum absolute atomic E-state index is 0.346. The van der Waals surface area contributed by atoms with Crippen LogP contribution in [0.2, 0.25) is 0 Å². The molecule has 39 heavy (non-hydrogen) atoms. The fraction of sp³-hybridized carbons (Fsp3) is 0.973. The van der Waals surface area contributed by atoms with Gasteiger partial charge in [0, 0.05) is 6.42 Å². The molecule has 0 aliphatic rings. The number of aliphatic carboxylic acids is 1. The molecular weight excluding hydrogens is 476 g/mol. The Kier molecular flexibility index (Phi) is 41.2. The summed E-state index contributed by atoms with van der Waals surface area (Å²) in [5.74, 6) is -0.651. The molecule has 0 aromatic carbocycles. The first-order valence-corrected chi connectivity index (χ1v) is 18.4. The Labute approximate surface area is 248 Å². The first-order valence-electron chi connectivity index (χ1n) is 18.4. The molecule has 0 spiro atoms. The SMILES string of the molecule is CCCCCCCCCCCCCCC.CCCCCCCCCCCCCCCCCCCCCC(=O)O. The molecule has 0 aromatic heterocycles. The van der Waals surface area contributed by atoms with Crippen LogP contribution in [0.5, 0.6) is 0 Å². The molecule has 0 fully saturated rings. The van der Waals surface area contributed by atoms with Gasteiger partial charge in [0.25, 0.3) is 0 Å². The van der Waals surface area contributed by atoms with Crippen molar-refractivity contribution in [3.05, 3.63) is 0 Å². The molecule has 236 valence electrons. The highest BCUT2D eigenvalue weighted by atomic mass is 16.4. The maximum Gasteiger partial charge on any atom is 0.303 e. The van der Waals surface area contributed by atoms with E-state index in [2.05, 4.69) is 20.8 Å². The molecule has 0 aliphatic carbocycles. The van der Waals surface area contributed by atoms with Gasteiger partial charge >= 0.3 is 5.97 Å². The number of carboxylic acids is 1. The molecule has 0 amide bonds. The molecular formula is C37H76O2. The van der Waals surface area contributed by atoms with Gasteiger partial charge in [0.1, 0.15) is 0 Å². The number of unbranched alkanes of at least 4 members (excludes halogenated alkanes) is 30. The molecule has 0 radical (unpaired) electrons. The van der Waals surface area contributed by atoms with Gasteiger partial charge in [-0.25, -0.2) is 0 Å². The molecule has 2 nitrogen and oxygen atoms in total. The van der Waals surface area contributed by atoms with Crippen LogP contribution in [0.3, 0.4) is 0 Å². The lowest BCUT2D eigenvalue weighted by molar-refractivity contribution is -0.137. The van der Waals surface area contributed by atoms with Gasteiger partial charge in [0.15, 0.2) is 0 Å². The van der Waals surface area contributed by atoms with E-state index < -0.39 is 5.97 Å². The average molecular weight is 553 g/mol. The van der Waals surface area contributed by atoms with E-state index in [1.54, 1.807) is 0 Å². The zero-order valence-corrected chi connectivity index (χ0v) is 27.7. The zero-order valence-electron chi connectivity index (χ0n) is 27.7. The average Bonchev–Trinajstić information content (AvgIpc) is 2.93. The Balaban J connectivity index is 0. The van der Waals surface area contributed by atoms with Crippen molar-refractivity contribution < 1.29 is 9.90 Å². The summed E-state index contributed by atoms with van der Waals surface area (Å²) >= 11 is 0. The van der Waals surface area contributed by atoms with E-state index in [0.29, 0.717) is 6.42 Å². The summed E-state index contributed by atoms with van der Waals surface area (Å²) in [7, 11) is 0. The minimum Gasteiger partial charge on any atom is -0.481 e. The van der Waals surface area contributed by atoms with E-state index in [1.807, 2.05) is 0 Å². The highest BCUT2D eigenvalue weighted by Gasteiger charge is 1.97. The maximum atomic E-state index is 10.4. The molecule has 0 unspecified atom stereocenters. The van der Waals surface area contributed by atoms with Crippen LogP contribution in [0.4, 0.5) is 0 Å². The van der Waals surface area contributed by atoms with Gasteiger partial charge in [0.05, 0.1) is 0 Å². The standard InChI is InChI=1S/C22H44O2.C15H32/c1-2-3-4-5-6-7-8-9-10-11-12-13-14-15-16-17-18-19-20-21-22(23)24;1-3-5-7-9-11-13-15-14-12-10-8-6-4-2/h2-21H2,1H3,(H,23,24);3-15H2,1-2H3. The first-order chi connectivity index (χ1) is 19.2. The number of rotatable bonds is 32. The Morgan fingerprint density at radius 1 is 0.308 bits per heavy atom. The van der Waals surface area contributed by atoms with Crippen molar-refractivity contribution in [2.24, 2.45) is 0 Å². The van der Waals surface area contributed by atoms with Crippen LogP contribution in [-0.2, 0) is 4.79 Å². The predicted octanol–water partition coefficient (Wildman–Crippen LogP) is 14.0. The molecule has 0 heterocycles. The van der Waals surface area contributed by atoms with Crippen LogP contribution < -0.4 is 0 Å². The van der Waals surface area contributed by atoms with Crippen molar-refractivity contribution in [3.63, 3.8) is 0 Å². The Morgan fingerprint density at radius 3 is 0.615 bits per heavy atom. The van der Waals surface area contributed by atoms with E-state index in [0.717, 1.165) is 12.8 Å². The van der Waals surface area contributed by atoms with Gasteiger partial charge < -0.3 is 5.11 Å². The minimum atomic E-state index is -0.651. The second-order valence-electron chi connectivity index (χ2n) is 12.4. The highest BCUT2D eigenvalue weighted by molar-refractivity contribution is 5.66. The van der Waals surface area contributed by atoms with Crippen LogP contribution in [0.1, 0.15) is 233 Å². The van der Waals surface area contributed by atoms with Gasteiger partial charge in [-0.3, -0.25) is 4.79 Å². The van der Waals surface area contributed by atoms with Crippen molar-refractivity contribution in [2.75, 3.05) is 0 Å². The largest absolute Gasteiger partial charge is 0.481 e. The lowest BCUT2D eigenvalue weighted by Crippen LogP contribution is -1.93. The van der Waals surface area contributed by atoms with Crippen molar-refractivity contribution in [2.45, 2.75) is 233 Å². The van der Waals surface area contributed by atoms with Gasteiger partial charge in [0.2, 0.25) is 0 Å². The van der Waals surface area contributed by atoms with Gasteiger partial charge in [-0.15, -0.1) is 0 Å².